The summed E-state index contributed by atoms with van der Waals surface area (Å²) in [6.45, 7) is 5.32. The van der Waals surface area contributed by atoms with E-state index in [4.69, 9.17) is 0 Å². The third-order valence-electron chi connectivity index (χ3n) is 3.45. The van der Waals surface area contributed by atoms with E-state index in [1.807, 2.05) is 16.3 Å². The Bertz CT molecular complexity index is 390. The fourth-order valence-corrected chi connectivity index (χ4v) is 3.53. The standard InChI is InChI=1S/C12H16INOS/c1-8-4-3-5-14(9(8)2)12(15)10-6-11(13)16-7-10/h6-9H,3-5H2,1-2H3. The Hall–Kier alpha value is -0.100. The molecule has 0 radical (unpaired) electrons. The van der Waals surface area contributed by atoms with Gasteiger partial charge in [-0.15, -0.1) is 11.3 Å². The first kappa shape index (κ1) is 12.4. The van der Waals surface area contributed by atoms with Gasteiger partial charge < -0.3 is 4.90 Å². The zero-order chi connectivity index (χ0) is 11.7. The Kier molecular flexibility index (Phi) is 3.89. The maximum absolute atomic E-state index is 12.3. The fraction of sp³-hybridized carbons (Fsp3) is 0.583. The summed E-state index contributed by atoms with van der Waals surface area (Å²) in [4.78, 5) is 14.3. The van der Waals surface area contributed by atoms with Crippen molar-refractivity contribution in [2.24, 2.45) is 5.92 Å². The molecule has 88 valence electrons. The molecule has 2 rings (SSSR count). The van der Waals surface area contributed by atoms with Crippen LogP contribution >= 0.6 is 33.9 Å². The average Bonchev–Trinajstić information content (AvgIpc) is 2.68. The SMILES string of the molecule is CC1CCCN(C(=O)c2csc(I)c2)C1C. The molecule has 0 spiro atoms. The molecule has 0 saturated carbocycles. The van der Waals surface area contributed by atoms with Crippen molar-refractivity contribution in [3.05, 3.63) is 19.9 Å². The van der Waals surface area contributed by atoms with Crippen LogP contribution < -0.4 is 0 Å². The summed E-state index contributed by atoms with van der Waals surface area (Å²) in [5.74, 6) is 0.827. The number of halogens is 1. The van der Waals surface area contributed by atoms with E-state index in [0.717, 1.165) is 18.5 Å². The zero-order valence-corrected chi connectivity index (χ0v) is 12.5. The minimum atomic E-state index is 0.207. The number of carbonyl (C=O) groups is 1. The van der Waals surface area contributed by atoms with Gasteiger partial charge in [0.2, 0.25) is 0 Å². The molecule has 2 nitrogen and oxygen atoms in total. The lowest BCUT2D eigenvalue weighted by Gasteiger charge is -2.37. The van der Waals surface area contributed by atoms with E-state index < -0.39 is 0 Å². The molecular weight excluding hydrogens is 333 g/mol. The van der Waals surface area contributed by atoms with Crippen LogP contribution in [0.4, 0.5) is 0 Å². The van der Waals surface area contributed by atoms with Crippen LogP contribution in [0.3, 0.4) is 0 Å². The smallest absolute Gasteiger partial charge is 0.254 e. The second-order valence-electron chi connectivity index (χ2n) is 4.50. The molecule has 0 aromatic carbocycles. The number of hydrogen-bond donors (Lipinski definition) is 0. The van der Waals surface area contributed by atoms with Crippen molar-refractivity contribution in [2.75, 3.05) is 6.54 Å². The molecule has 0 N–H and O–H groups in total. The van der Waals surface area contributed by atoms with Gasteiger partial charge in [0.05, 0.1) is 8.45 Å². The predicted octanol–water partition coefficient (Wildman–Crippen LogP) is 3.61. The second kappa shape index (κ2) is 5.04. The lowest BCUT2D eigenvalue weighted by molar-refractivity contribution is 0.0551. The highest BCUT2D eigenvalue weighted by Crippen LogP contribution is 2.26. The molecule has 1 fully saturated rings. The number of thiophene rings is 1. The van der Waals surface area contributed by atoms with E-state index in [1.165, 1.54) is 9.30 Å². The highest BCUT2D eigenvalue weighted by atomic mass is 127. The molecular formula is C12H16INOS. The summed E-state index contributed by atoms with van der Waals surface area (Å²) in [5, 5.41) is 1.97. The lowest BCUT2D eigenvalue weighted by atomic mass is 9.92. The van der Waals surface area contributed by atoms with Gasteiger partial charge in [-0.05, 0) is 54.3 Å². The molecule has 1 aliphatic rings. The van der Waals surface area contributed by atoms with Crippen LogP contribution in [0.5, 0.6) is 0 Å². The van der Waals surface area contributed by atoms with Crippen molar-refractivity contribution >= 4 is 39.8 Å². The van der Waals surface area contributed by atoms with Gasteiger partial charge in [0.15, 0.2) is 0 Å². The van der Waals surface area contributed by atoms with Crippen LogP contribution in [-0.4, -0.2) is 23.4 Å². The van der Waals surface area contributed by atoms with Gasteiger partial charge in [-0.1, -0.05) is 6.92 Å². The van der Waals surface area contributed by atoms with Crippen LogP contribution in [-0.2, 0) is 0 Å². The second-order valence-corrected chi connectivity index (χ2v) is 7.30. The van der Waals surface area contributed by atoms with Crippen molar-refractivity contribution in [1.29, 1.82) is 0 Å². The van der Waals surface area contributed by atoms with Crippen molar-refractivity contribution in [3.8, 4) is 0 Å². The average molecular weight is 349 g/mol. The highest BCUT2D eigenvalue weighted by Gasteiger charge is 2.29. The predicted molar refractivity (Wildman–Crippen MR) is 75.9 cm³/mol. The Morgan fingerprint density at radius 1 is 1.56 bits per heavy atom. The van der Waals surface area contributed by atoms with Crippen molar-refractivity contribution in [2.45, 2.75) is 32.7 Å². The molecule has 4 heteroatoms. The number of hydrogen-bond acceptors (Lipinski definition) is 2. The molecule has 1 saturated heterocycles. The van der Waals surface area contributed by atoms with E-state index in [9.17, 15) is 4.79 Å². The normalized spacial score (nSPS) is 25.8. The monoisotopic (exact) mass is 349 g/mol. The third-order valence-corrected chi connectivity index (χ3v) is 5.24. The van der Waals surface area contributed by atoms with E-state index in [2.05, 4.69) is 36.4 Å². The molecule has 0 aliphatic carbocycles. The van der Waals surface area contributed by atoms with Crippen LogP contribution in [0.2, 0.25) is 0 Å². The van der Waals surface area contributed by atoms with Gasteiger partial charge in [-0.2, -0.15) is 0 Å². The van der Waals surface area contributed by atoms with E-state index in [-0.39, 0.29) is 5.91 Å². The first-order valence-electron chi connectivity index (χ1n) is 5.64. The summed E-state index contributed by atoms with van der Waals surface area (Å²) in [7, 11) is 0. The molecule has 2 heterocycles. The van der Waals surface area contributed by atoms with Crippen LogP contribution in [0.1, 0.15) is 37.0 Å². The molecule has 0 bridgehead atoms. The maximum atomic E-state index is 12.3. The first-order valence-corrected chi connectivity index (χ1v) is 7.60. The molecule has 1 amide bonds. The molecule has 1 aromatic heterocycles. The maximum Gasteiger partial charge on any atom is 0.254 e. The summed E-state index contributed by atoms with van der Waals surface area (Å²) in [6, 6.07) is 2.36. The van der Waals surface area contributed by atoms with Gasteiger partial charge in [0.25, 0.3) is 5.91 Å². The topological polar surface area (TPSA) is 20.3 Å². The minimum Gasteiger partial charge on any atom is -0.336 e. The fourth-order valence-electron chi connectivity index (χ4n) is 2.21. The van der Waals surface area contributed by atoms with Crippen molar-refractivity contribution < 1.29 is 4.79 Å². The quantitative estimate of drug-likeness (QED) is 0.710. The molecule has 16 heavy (non-hydrogen) atoms. The number of likely N-dealkylation sites (tertiary alicyclic amines) is 1. The molecule has 2 unspecified atom stereocenters. The minimum absolute atomic E-state index is 0.207. The number of carbonyl (C=O) groups excluding carboxylic acids is 1. The van der Waals surface area contributed by atoms with Crippen LogP contribution in [0.25, 0.3) is 0 Å². The Morgan fingerprint density at radius 2 is 2.31 bits per heavy atom. The Balaban J connectivity index is 2.15. The summed E-state index contributed by atoms with van der Waals surface area (Å²) >= 11 is 3.90. The summed E-state index contributed by atoms with van der Waals surface area (Å²) in [6.07, 6.45) is 2.38. The van der Waals surface area contributed by atoms with Crippen molar-refractivity contribution in [1.82, 2.24) is 4.90 Å². The zero-order valence-electron chi connectivity index (χ0n) is 9.57. The van der Waals surface area contributed by atoms with E-state index in [0.29, 0.717) is 12.0 Å². The first-order chi connectivity index (χ1) is 7.59. The van der Waals surface area contributed by atoms with E-state index in [1.54, 1.807) is 11.3 Å². The number of piperidine rings is 1. The van der Waals surface area contributed by atoms with Crippen molar-refractivity contribution in [3.63, 3.8) is 0 Å². The number of nitrogens with zero attached hydrogens (tertiary/aromatic N) is 1. The summed E-state index contributed by atoms with van der Waals surface area (Å²) in [5.41, 5.74) is 0.857. The van der Waals surface area contributed by atoms with Gasteiger partial charge in [-0.25, -0.2) is 0 Å². The summed E-state index contributed by atoms with van der Waals surface area (Å²) < 4.78 is 1.18. The van der Waals surface area contributed by atoms with Gasteiger partial charge in [0, 0.05) is 18.0 Å². The number of amides is 1. The van der Waals surface area contributed by atoms with Crippen LogP contribution in [0.15, 0.2) is 11.4 Å². The van der Waals surface area contributed by atoms with E-state index >= 15 is 0 Å². The van der Waals surface area contributed by atoms with Gasteiger partial charge in [-0.3, -0.25) is 4.79 Å². The Morgan fingerprint density at radius 3 is 2.94 bits per heavy atom. The van der Waals surface area contributed by atoms with Gasteiger partial charge >= 0.3 is 0 Å². The molecule has 2 atom stereocenters. The lowest BCUT2D eigenvalue weighted by Crippen LogP contribution is -2.45. The number of rotatable bonds is 1. The van der Waals surface area contributed by atoms with Gasteiger partial charge in [0.1, 0.15) is 0 Å². The van der Waals surface area contributed by atoms with Crippen LogP contribution in [0, 0.1) is 8.80 Å². The molecule has 1 aliphatic heterocycles. The Labute approximate surface area is 114 Å². The highest BCUT2D eigenvalue weighted by molar-refractivity contribution is 14.1. The molecule has 1 aromatic rings. The largest absolute Gasteiger partial charge is 0.336 e. The third kappa shape index (κ3) is 2.42.